The maximum Gasteiger partial charge on any atom is 0.280 e. The molecule has 27 heavy (non-hydrogen) atoms. The van der Waals surface area contributed by atoms with Crippen LogP contribution in [-0.4, -0.2) is 39.8 Å². The van der Waals surface area contributed by atoms with E-state index in [1.54, 1.807) is 23.7 Å². The Hall–Kier alpha value is -3.88. The van der Waals surface area contributed by atoms with Gasteiger partial charge in [0.05, 0.1) is 22.5 Å². The number of carbonyl (C=O) groups excluding carboxylic acids is 1. The maximum atomic E-state index is 12.9. The number of hydrogen-bond acceptors (Lipinski definition) is 6. The molecule has 0 saturated carbocycles. The van der Waals surface area contributed by atoms with E-state index in [-0.39, 0.29) is 11.5 Å². The van der Waals surface area contributed by atoms with E-state index in [1.165, 1.54) is 28.0 Å². The molecule has 0 bridgehead atoms. The van der Waals surface area contributed by atoms with Crippen LogP contribution in [0.3, 0.4) is 0 Å². The quantitative estimate of drug-likeness (QED) is 0.447. The summed E-state index contributed by atoms with van der Waals surface area (Å²) in [7, 11) is 1.63. The first-order valence-corrected chi connectivity index (χ1v) is 8.23. The van der Waals surface area contributed by atoms with Crippen LogP contribution in [-0.2, 0) is 7.05 Å². The van der Waals surface area contributed by atoms with E-state index in [0.717, 1.165) is 5.56 Å². The van der Waals surface area contributed by atoms with Gasteiger partial charge >= 0.3 is 0 Å². The van der Waals surface area contributed by atoms with Crippen LogP contribution in [0.15, 0.2) is 47.8 Å². The second-order valence-corrected chi connectivity index (χ2v) is 6.32. The summed E-state index contributed by atoms with van der Waals surface area (Å²) in [6, 6.07) is 7.23. The van der Waals surface area contributed by atoms with Crippen molar-refractivity contribution in [2.24, 2.45) is 7.05 Å². The predicted molar refractivity (Wildman–Crippen MR) is 97.7 cm³/mol. The van der Waals surface area contributed by atoms with Crippen LogP contribution in [0.25, 0.3) is 27.7 Å². The molecule has 0 amide bonds. The highest BCUT2D eigenvalue weighted by Crippen LogP contribution is 2.22. The summed E-state index contributed by atoms with van der Waals surface area (Å²) in [6.45, 7) is 1.95. The molecule has 0 radical (unpaired) electrons. The lowest BCUT2D eigenvalue weighted by atomic mass is 10.1. The fourth-order valence-electron chi connectivity index (χ4n) is 3.21. The molecule has 0 unspecified atom stereocenters. The largest absolute Gasteiger partial charge is 0.280 e. The SMILES string of the molecule is Cc1ccc(C(=O)n2ncc3c2ncc2c(=O)n(C)c4ncnn4c23)cc1. The molecule has 5 aromatic rings. The number of aryl methyl sites for hydroxylation is 2. The topological polar surface area (TPSA) is 100.0 Å². The first kappa shape index (κ1) is 15.4. The van der Waals surface area contributed by atoms with Crippen LogP contribution in [0.5, 0.6) is 0 Å². The molecular weight excluding hydrogens is 346 g/mol. The van der Waals surface area contributed by atoms with Crippen molar-refractivity contribution in [1.29, 1.82) is 0 Å². The number of pyridine rings is 1. The molecule has 0 atom stereocenters. The van der Waals surface area contributed by atoms with Crippen LogP contribution < -0.4 is 5.56 Å². The normalized spacial score (nSPS) is 11.6. The molecule has 0 N–H and O–H groups in total. The van der Waals surface area contributed by atoms with Gasteiger partial charge in [0, 0.05) is 18.8 Å². The molecule has 0 saturated heterocycles. The molecule has 9 heteroatoms. The zero-order valence-electron chi connectivity index (χ0n) is 14.5. The van der Waals surface area contributed by atoms with Gasteiger partial charge in [0.2, 0.25) is 5.78 Å². The van der Waals surface area contributed by atoms with Gasteiger partial charge in [0.25, 0.3) is 11.5 Å². The fraction of sp³-hybridized carbons (Fsp3) is 0.111. The van der Waals surface area contributed by atoms with Crippen molar-refractivity contribution in [2.75, 3.05) is 0 Å². The lowest BCUT2D eigenvalue weighted by Gasteiger charge is -2.06. The molecule has 9 nitrogen and oxygen atoms in total. The third kappa shape index (κ3) is 2.05. The lowest BCUT2D eigenvalue weighted by Crippen LogP contribution is -2.21. The molecule has 0 aliphatic carbocycles. The van der Waals surface area contributed by atoms with Gasteiger partial charge < -0.3 is 0 Å². The summed E-state index contributed by atoms with van der Waals surface area (Å²) in [4.78, 5) is 34.0. The molecule has 0 spiro atoms. The fourth-order valence-corrected chi connectivity index (χ4v) is 3.21. The third-order valence-electron chi connectivity index (χ3n) is 4.64. The lowest BCUT2D eigenvalue weighted by molar-refractivity contribution is 0.0950. The van der Waals surface area contributed by atoms with E-state index < -0.39 is 0 Å². The first-order chi connectivity index (χ1) is 13.1. The Morgan fingerprint density at radius 3 is 2.56 bits per heavy atom. The molecule has 4 aromatic heterocycles. The highest BCUT2D eigenvalue weighted by molar-refractivity contribution is 6.07. The van der Waals surface area contributed by atoms with Crippen molar-refractivity contribution in [3.63, 3.8) is 0 Å². The van der Waals surface area contributed by atoms with Gasteiger partial charge in [-0.3, -0.25) is 14.2 Å². The molecule has 0 fully saturated rings. The zero-order chi connectivity index (χ0) is 18.7. The van der Waals surface area contributed by atoms with E-state index >= 15 is 0 Å². The van der Waals surface area contributed by atoms with E-state index in [1.807, 2.05) is 19.1 Å². The second-order valence-electron chi connectivity index (χ2n) is 6.32. The summed E-state index contributed by atoms with van der Waals surface area (Å²) < 4.78 is 4.20. The van der Waals surface area contributed by atoms with Gasteiger partial charge in [-0.1, -0.05) is 17.7 Å². The van der Waals surface area contributed by atoms with Crippen molar-refractivity contribution in [2.45, 2.75) is 6.92 Å². The smallest absolute Gasteiger partial charge is 0.279 e. The number of nitrogens with zero attached hydrogens (tertiary/aromatic N) is 7. The zero-order valence-corrected chi connectivity index (χ0v) is 14.5. The van der Waals surface area contributed by atoms with E-state index in [9.17, 15) is 9.59 Å². The van der Waals surface area contributed by atoms with Gasteiger partial charge in [0.15, 0.2) is 5.65 Å². The summed E-state index contributed by atoms with van der Waals surface area (Å²) >= 11 is 0. The van der Waals surface area contributed by atoms with Crippen molar-refractivity contribution in [1.82, 2.24) is 33.9 Å². The Labute approximate surface area is 151 Å². The average Bonchev–Trinajstić information content (AvgIpc) is 3.32. The third-order valence-corrected chi connectivity index (χ3v) is 4.64. The van der Waals surface area contributed by atoms with Crippen molar-refractivity contribution < 1.29 is 4.79 Å². The van der Waals surface area contributed by atoms with Gasteiger partial charge in [0.1, 0.15) is 6.33 Å². The summed E-state index contributed by atoms with van der Waals surface area (Å²) in [6.07, 6.45) is 4.35. The Bertz CT molecular complexity index is 1420. The molecule has 0 aliphatic heterocycles. The van der Waals surface area contributed by atoms with E-state index in [4.69, 9.17) is 0 Å². The van der Waals surface area contributed by atoms with Gasteiger partial charge in [-0.05, 0) is 19.1 Å². The van der Waals surface area contributed by atoms with Crippen molar-refractivity contribution >= 4 is 33.6 Å². The highest BCUT2D eigenvalue weighted by Gasteiger charge is 2.19. The van der Waals surface area contributed by atoms with Crippen molar-refractivity contribution in [3.05, 3.63) is 64.5 Å². The first-order valence-electron chi connectivity index (χ1n) is 8.23. The average molecular weight is 359 g/mol. The molecule has 0 aliphatic rings. The van der Waals surface area contributed by atoms with Gasteiger partial charge in [-0.15, -0.1) is 0 Å². The Kier molecular flexibility index (Phi) is 3.02. The molecular formula is C18H13N7O2. The minimum Gasteiger partial charge on any atom is -0.279 e. The number of aromatic nitrogens is 7. The summed E-state index contributed by atoms with van der Waals surface area (Å²) in [5, 5.41) is 9.38. The minimum absolute atomic E-state index is 0.238. The van der Waals surface area contributed by atoms with E-state index in [0.29, 0.717) is 33.3 Å². The highest BCUT2D eigenvalue weighted by atomic mass is 16.2. The predicted octanol–water partition coefficient (Wildman–Crippen LogP) is 1.32. The Morgan fingerprint density at radius 2 is 1.78 bits per heavy atom. The number of hydrogen-bond donors (Lipinski definition) is 0. The number of benzene rings is 1. The summed E-state index contributed by atoms with van der Waals surface area (Å²) in [5.74, 6) is 0.105. The Balaban J connectivity index is 1.83. The van der Waals surface area contributed by atoms with Crippen LogP contribution in [0.4, 0.5) is 0 Å². The van der Waals surface area contributed by atoms with Crippen LogP contribution >= 0.6 is 0 Å². The monoisotopic (exact) mass is 359 g/mol. The van der Waals surface area contributed by atoms with Crippen molar-refractivity contribution in [3.8, 4) is 0 Å². The second kappa shape index (κ2) is 5.31. The van der Waals surface area contributed by atoms with Crippen LogP contribution in [0.1, 0.15) is 15.9 Å². The number of carbonyl (C=O) groups is 1. The number of rotatable bonds is 1. The Morgan fingerprint density at radius 1 is 1.00 bits per heavy atom. The van der Waals surface area contributed by atoms with Crippen LogP contribution in [0, 0.1) is 6.92 Å². The minimum atomic E-state index is -0.296. The standard InChI is InChI=1S/C18H13N7O2/c1-10-3-5-11(6-4-10)16(26)25-15-12(8-21-25)14-13(7-19-15)17(27)23(2)18-20-9-22-24(14)18/h3-9H,1-2H3. The molecule has 132 valence electrons. The molecule has 1 aromatic carbocycles. The summed E-state index contributed by atoms with van der Waals surface area (Å²) in [5.41, 5.74) is 2.21. The van der Waals surface area contributed by atoms with E-state index in [2.05, 4.69) is 20.2 Å². The van der Waals surface area contributed by atoms with Gasteiger partial charge in [-0.2, -0.15) is 24.4 Å². The van der Waals surface area contributed by atoms with Crippen LogP contribution in [0.2, 0.25) is 0 Å². The molecule has 4 heterocycles. The maximum absolute atomic E-state index is 12.9. The van der Waals surface area contributed by atoms with Gasteiger partial charge in [-0.25, -0.2) is 4.98 Å². The number of fused-ring (bicyclic) bond motifs is 5. The molecule has 5 rings (SSSR count).